The van der Waals surface area contributed by atoms with Gasteiger partial charge in [0.05, 0.1) is 6.04 Å². The molecule has 0 spiro atoms. The molecule has 2 unspecified atom stereocenters. The molecule has 0 saturated heterocycles. The van der Waals surface area contributed by atoms with Gasteiger partial charge >= 0.3 is 0 Å². The topological polar surface area (TPSA) is 68.0 Å². The second-order valence-electron chi connectivity index (χ2n) is 4.62. The third kappa shape index (κ3) is 3.78. The highest BCUT2D eigenvalue weighted by Crippen LogP contribution is 2.25. The first-order valence-corrected chi connectivity index (χ1v) is 6.79. The van der Waals surface area contributed by atoms with E-state index < -0.39 is 6.04 Å². The largest absolute Gasteiger partial charge is 0.320 e. The van der Waals surface area contributed by atoms with E-state index in [1.165, 1.54) is 11.3 Å². The Bertz CT molecular complexity index is 376. The first-order chi connectivity index (χ1) is 7.95. The molecular weight excluding hydrogens is 234 g/mol. The third-order valence-corrected chi connectivity index (χ3v) is 4.10. The van der Waals surface area contributed by atoms with Crippen LogP contribution in [0.15, 0.2) is 6.20 Å². The van der Waals surface area contributed by atoms with Crippen molar-refractivity contribution in [1.82, 2.24) is 4.98 Å². The predicted octanol–water partition coefficient (Wildman–Crippen LogP) is 2.58. The maximum atomic E-state index is 11.8. The van der Waals surface area contributed by atoms with Crippen LogP contribution < -0.4 is 11.1 Å². The minimum Gasteiger partial charge on any atom is -0.320 e. The van der Waals surface area contributed by atoms with Crippen molar-refractivity contribution in [2.75, 3.05) is 5.32 Å². The van der Waals surface area contributed by atoms with Gasteiger partial charge in [-0.05, 0) is 11.8 Å². The van der Waals surface area contributed by atoms with E-state index in [9.17, 15) is 4.79 Å². The molecule has 1 aromatic heterocycles. The highest BCUT2D eigenvalue weighted by atomic mass is 32.1. The van der Waals surface area contributed by atoms with Crippen molar-refractivity contribution >= 4 is 22.4 Å². The fourth-order valence-electron chi connectivity index (χ4n) is 1.31. The zero-order valence-corrected chi connectivity index (χ0v) is 11.7. The summed E-state index contributed by atoms with van der Waals surface area (Å²) in [5.74, 6) is 0.463. The molecule has 0 aliphatic heterocycles. The first-order valence-electron chi connectivity index (χ1n) is 5.97. The molecule has 1 rings (SSSR count). The molecule has 2 atom stereocenters. The second-order valence-corrected chi connectivity index (χ2v) is 5.69. The standard InChI is InChI=1S/C12H21N3OS/c1-5-8(4)10(13)11(16)15-12-14-6-9(17-12)7(2)3/h6-8,10H,5,13H2,1-4H3,(H,14,15,16). The molecule has 96 valence electrons. The summed E-state index contributed by atoms with van der Waals surface area (Å²) in [6.45, 7) is 8.21. The normalized spacial score (nSPS) is 14.7. The molecule has 1 amide bonds. The molecule has 0 aliphatic carbocycles. The molecule has 0 aromatic carbocycles. The van der Waals surface area contributed by atoms with E-state index in [0.717, 1.165) is 11.3 Å². The lowest BCUT2D eigenvalue weighted by Crippen LogP contribution is -2.40. The monoisotopic (exact) mass is 255 g/mol. The lowest BCUT2D eigenvalue weighted by atomic mass is 10.00. The average molecular weight is 255 g/mol. The lowest BCUT2D eigenvalue weighted by molar-refractivity contribution is -0.118. The lowest BCUT2D eigenvalue weighted by Gasteiger charge is -2.16. The Morgan fingerprint density at radius 3 is 2.65 bits per heavy atom. The Morgan fingerprint density at radius 1 is 1.53 bits per heavy atom. The number of hydrogen-bond acceptors (Lipinski definition) is 4. The number of carbonyl (C=O) groups excluding carboxylic acids is 1. The molecule has 0 aliphatic rings. The molecule has 4 nitrogen and oxygen atoms in total. The number of rotatable bonds is 5. The van der Waals surface area contributed by atoms with E-state index in [2.05, 4.69) is 24.1 Å². The van der Waals surface area contributed by atoms with Crippen LogP contribution in [0.5, 0.6) is 0 Å². The Labute approximate surface area is 107 Å². The van der Waals surface area contributed by atoms with Crippen molar-refractivity contribution in [2.45, 2.75) is 46.1 Å². The molecule has 1 aromatic rings. The first kappa shape index (κ1) is 14.1. The van der Waals surface area contributed by atoms with Crippen molar-refractivity contribution in [3.05, 3.63) is 11.1 Å². The second kappa shape index (κ2) is 6.12. The van der Waals surface area contributed by atoms with Gasteiger partial charge in [-0.15, -0.1) is 11.3 Å². The maximum Gasteiger partial charge on any atom is 0.243 e. The highest BCUT2D eigenvalue weighted by molar-refractivity contribution is 7.15. The summed E-state index contributed by atoms with van der Waals surface area (Å²) in [5.41, 5.74) is 5.85. The predicted molar refractivity (Wildman–Crippen MR) is 72.3 cm³/mol. The van der Waals surface area contributed by atoms with Gasteiger partial charge < -0.3 is 11.1 Å². The summed E-state index contributed by atoms with van der Waals surface area (Å²) in [4.78, 5) is 17.2. The Morgan fingerprint density at radius 2 is 2.18 bits per heavy atom. The van der Waals surface area contributed by atoms with Gasteiger partial charge in [0.2, 0.25) is 5.91 Å². The Balaban J connectivity index is 2.61. The third-order valence-electron chi connectivity index (χ3n) is 2.88. The van der Waals surface area contributed by atoms with E-state index in [1.807, 2.05) is 13.8 Å². The molecule has 3 N–H and O–H groups in total. The van der Waals surface area contributed by atoms with Gasteiger partial charge in [0, 0.05) is 11.1 Å². The maximum absolute atomic E-state index is 11.8. The van der Waals surface area contributed by atoms with Gasteiger partial charge in [-0.3, -0.25) is 4.79 Å². The minimum atomic E-state index is -0.466. The number of nitrogens with one attached hydrogen (secondary N) is 1. The summed E-state index contributed by atoms with van der Waals surface area (Å²) in [5, 5.41) is 3.41. The molecule has 17 heavy (non-hydrogen) atoms. The fraction of sp³-hybridized carbons (Fsp3) is 0.667. The number of nitrogens with two attached hydrogens (primary N) is 1. The van der Waals surface area contributed by atoms with Crippen molar-refractivity contribution in [1.29, 1.82) is 0 Å². The number of aromatic nitrogens is 1. The highest BCUT2D eigenvalue weighted by Gasteiger charge is 2.20. The number of anilines is 1. The van der Waals surface area contributed by atoms with Crippen molar-refractivity contribution in [3.63, 3.8) is 0 Å². The van der Waals surface area contributed by atoms with Crippen molar-refractivity contribution in [2.24, 2.45) is 11.7 Å². The van der Waals surface area contributed by atoms with Gasteiger partial charge in [-0.2, -0.15) is 0 Å². The van der Waals surface area contributed by atoms with Gasteiger partial charge in [0.15, 0.2) is 5.13 Å². The number of nitrogens with zero attached hydrogens (tertiary/aromatic N) is 1. The van der Waals surface area contributed by atoms with Gasteiger partial charge in [0.1, 0.15) is 0 Å². The number of carbonyl (C=O) groups is 1. The van der Waals surface area contributed by atoms with Crippen LogP contribution in [0.3, 0.4) is 0 Å². The summed E-state index contributed by atoms with van der Waals surface area (Å²) in [7, 11) is 0. The van der Waals surface area contributed by atoms with E-state index >= 15 is 0 Å². The van der Waals surface area contributed by atoms with Crippen molar-refractivity contribution in [3.8, 4) is 0 Å². The van der Waals surface area contributed by atoms with Crippen LogP contribution in [0.25, 0.3) is 0 Å². The van der Waals surface area contributed by atoms with Gasteiger partial charge in [-0.25, -0.2) is 4.98 Å². The van der Waals surface area contributed by atoms with E-state index in [1.54, 1.807) is 6.20 Å². The molecule has 0 radical (unpaired) electrons. The summed E-state index contributed by atoms with van der Waals surface area (Å²) in [6, 6.07) is -0.466. The summed E-state index contributed by atoms with van der Waals surface area (Å²) < 4.78 is 0. The van der Waals surface area contributed by atoms with Crippen LogP contribution in [-0.2, 0) is 4.79 Å². The SMILES string of the molecule is CCC(C)C(N)C(=O)Nc1ncc(C(C)C)s1. The smallest absolute Gasteiger partial charge is 0.243 e. The Kier molecular flexibility index (Phi) is 5.08. The van der Waals surface area contributed by atoms with Crippen molar-refractivity contribution < 1.29 is 4.79 Å². The number of thiazole rings is 1. The van der Waals surface area contributed by atoms with Crippen LogP contribution in [0.4, 0.5) is 5.13 Å². The van der Waals surface area contributed by atoms with Crippen LogP contribution in [0.2, 0.25) is 0 Å². The zero-order valence-electron chi connectivity index (χ0n) is 10.9. The van der Waals surface area contributed by atoms with Crippen LogP contribution >= 0.6 is 11.3 Å². The Hall–Kier alpha value is -0.940. The minimum absolute atomic E-state index is 0.149. The number of amides is 1. The van der Waals surface area contributed by atoms with E-state index in [4.69, 9.17) is 5.73 Å². The van der Waals surface area contributed by atoms with E-state index in [-0.39, 0.29) is 11.8 Å². The molecule has 0 saturated carbocycles. The molecule has 0 fully saturated rings. The van der Waals surface area contributed by atoms with Crippen LogP contribution in [0.1, 0.15) is 44.9 Å². The average Bonchev–Trinajstić information content (AvgIpc) is 2.75. The summed E-state index contributed by atoms with van der Waals surface area (Å²) in [6.07, 6.45) is 2.70. The number of hydrogen-bond donors (Lipinski definition) is 2. The molecular formula is C12H21N3OS. The van der Waals surface area contributed by atoms with Crippen LogP contribution in [-0.4, -0.2) is 16.9 Å². The molecule has 5 heteroatoms. The zero-order chi connectivity index (χ0) is 13.0. The van der Waals surface area contributed by atoms with Gasteiger partial charge in [0.25, 0.3) is 0 Å². The van der Waals surface area contributed by atoms with E-state index in [0.29, 0.717) is 11.0 Å². The fourth-order valence-corrected chi connectivity index (χ4v) is 2.13. The van der Waals surface area contributed by atoms with Crippen LogP contribution in [0, 0.1) is 5.92 Å². The molecule has 1 heterocycles. The van der Waals surface area contributed by atoms with Gasteiger partial charge in [-0.1, -0.05) is 34.1 Å². The molecule has 0 bridgehead atoms. The summed E-state index contributed by atoms with van der Waals surface area (Å²) >= 11 is 1.51. The quantitative estimate of drug-likeness (QED) is 0.849.